The smallest absolute Gasteiger partial charge is 0.110 e. The maximum Gasteiger partial charge on any atom is 0.110 e. The van der Waals surface area contributed by atoms with Gasteiger partial charge < -0.3 is 10.3 Å². The van der Waals surface area contributed by atoms with E-state index in [-0.39, 0.29) is 0 Å². The van der Waals surface area contributed by atoms with Gasteiger partial charge in [-0.15, -0.1) is 0 Å². The molecule has 0 bridgehead atoms. The molecular formula is C11H18BrN3. The summed E-state index contributed by atoms with van der Waals surface area (Å²) < 4.78 is 3.49. The summed E-state index contributed by atoms with van der Waals surface area (Å²) in [7, 11) is 0. The molecule has 0 amide bonds. The van der Waals surface area contributed by atoms with Gasteiger partial charge in [0.15, 0.2) is 0 Å². The van der Waals surface area contributed by atoms with Crippen LogP contribution in [0.2, 0.25) is 0 Å². The lowest BCUT2D eigenvalue weighted by Crippen LogP contribution is -2.17. The highest BCUT2D eigenvalue weighted by molar-refractivity contribution is 9.10. The van der Waals surface area contributed by atoms with Crippen LogP contribution in [-0.2, 0) is 19.4 Å². The van der Waals surface area contributed by atoms with Crippen molar-refractivity contribution in [2.45, 2.75) is 39.2 Å². The van der Waals surface area contributed by atoms with Gasteiger partial charge in [-0.2, -0.15) is 0 Å². The first-order chi connectivity index (χ1) is 7.22. The summed E-state index contributed by atoms with van der Waals surface area (Å²) in [6.45, 7) is 4.14. The first-order valence-electron chi connectivity index (χ1n) is 5.66. The lowest BCUT2D eigenvalue weighted by molar-refractivity contribution is 0.406. The molecule has 1 aliphatic heterocycles. The van der Waals surface area contributed by atoms with E-state index in [9.17, 15) is 0 Å². The van der Waals surface area contributed by atoms with Crippen LogP contribution in [0, 0.1) is 5.92 Å². The first-order valence-corrected chi connectivity index (χ1v) is 6.45. The third-order valence-electron chi connectivity index (χ3n) is 3.04. The number of nitrogens with two attached hydrogens (primary N) is 1. The van der Waals surface area contributed by atoms with Crippen LogP contribution >= 0.6 is 15.9 Å². The van der Waals surface area contributed by atoms with Gasteiger partial charge in [0.2, 0.25) is 0 Å². The van der Waals surface area contributed by atoms with Crippen molar-refractivity contribution in [3.05, 3.63) is 16.1 Å². The minimum absolute atomic E-state index is 0.741. The Bertz CT molecular complexity index is 346. The van der Waals surface area contributed by atoms with E-state index in [1.165, 1.54) is 22.5 Å². The van der Waals surface area contributed by atoms with Crippen molar-refractivity contribution in [2.75, 3.05) is 6.54 Å². The summed E-state index contributed by atoms with van der Waals surface area (Å²) in [5.74, 6) is 2.02. The zero-order valence-corrected chi connectivity index (χ0v) is 10.8. The van der Waals surface area contributed by atoms with Gasteiger partial charge in [-0.25, -0.2) is 4.98 Å². The van der Waals surface area contributed by atoms with E-state index >= 15 is 0 Å². The van der Waals surface area contributed by atoms with Gasteiger partial charge in [0.25, 0.3) is 0 Å². The Labute approximate surface area is 99.2 Å². The molecule has 1 aliphatic rings. The fraction of sp³-hybridized carbons (Fsp3) is 0.727. The van der Waals surface area contributed by atoms with E-state index in [0.29, 0.717) is 0 Å². The molecule has 15 heavy (non-hydrogen) atoms. The number of aryl methyl sites for hydroxylation is 1. The molecule has 2 heterocycles. The lowest BCUT2D eigenvalue weighted by atomic mass is 10.0. The van der Waals surface area contributed by atoms with Crippen LogP contribution in [0.4, 0.5) is 0 Å². The predicted molar refractivity (Wildman–Crippen MR) is 64.8 cm³/mol. The van der Waals surface area contributed by atoms with Crippen LogP contribution in [0.5, 0.6) is 0 Å². The number of rotatable bonds is 3. The van der Waals surface area contributed by atoms with Gasteiger partial charge in [-0.3, -0.25) is 0 Å². The molecule has 3 nitrogen and oxygen atoms in total. The minimum Gasteiger partial charge on any atom is -0.330 e. The molecule has 0 saturated heterocycles. The number of fused-ring (bicyclic) bond motifs is 1. The van der Waals surface area contributed by atoms with Crippen molar-refractivity contribution in [1.29, 1.82) is 0 Å². The number of imidazole rings is 1. The number of hydrogen-bond acceptors (Lipinski definition) is 2. The number of aromatic nitrogens is 2. The molecule has 2 rings (SSSR count). The van der Waals surface area contributed by atoms with Crippen LogP contribution in [0.15, 0.2) is 4.60 Å². The van der Waals surface area contributed by atoms with E-state index in [2.05, 4.69) is 27.4 Å². The standard InChI is InChI=1S/C11H18BrN3/c1-8-4-6-15-10(7-8)14-9(11(15)12)3-2-5-13/h8H,2-7,13H2,1H3. The monoisotopic (exact) mass is 271 g/mol. The summed E-state index contributed by atoms with van der Waals surface area (Å²) >= 11 is 3.65. The number of halogens is 1. The van der Waals surface area contributed by atoms with Crippen molar-refractivity contribution in [2.24, 2.45) is 11.7 Å². The fourth-order valence-corrected chi connectivity index (χ4v) is 2.78. The highest BCUT2D eigenvalue weighted by Gasteiger charge is 2.20. The summed E-state index contributed by atoms with van der Waals surface area (Å²) in [6.07, 6.45) is 4.38. The lowest BCUT2D eigenvalue weighted by Gasteiger charge is -2.20. The molecule has 84 valence electrons. The van der Waals surface area contributed by atoms with E-state index in [0.717, 1.165) is 38.3 Å². The largest absolute Gasteiger partial charge is 0.330 e. The van der Waals surface area contributed by atoms with Crippen molar-refractivity contribution in [1.82, 2.24) is 9.55 Å². The maximum atomic E-state index is 5.52. The zero-order valence-electron chi connectivity index (χ0n) is 9.17. The molecule has 0 spiro atoms. The Morgan fingerprint density at radius 2 is 2.40 bits per heavy atom. The minimum atomic E-state index is 0.741. The van der Waals surface area contributed by atoms with Crippen LogP contribution in [0.3, 0.4) is 0 Å². The van der Waals surface area contributed by atoms with Crippen molar-refractivity contribution >= 4 is 15.9 Å². The number of hydrogen-bond donors (Lipinski definition) is 1. The molecule has 0 saturated carbocycles. The zero-order chi connectivity index (χ0) is 10.8. The van der Waals surface area contributed by atoms with Gasteiger partial charge in [-0.05, 0) is 47.7 Å². The second-order valence-electron chi connectivity index (χ2n) is 4.41. The average Bonchev–Trinajstić information content (AvgIpc) is 2.52. The highest BCUT2D eigenvalue weighted by Crippen LogP contribution is 2.27. The van der Waals surface area contributed by atoms with Crippen LogP contribution in [0.25, 0.3) is 0 Å². The van der Waals surface area contributed by atoms with E-state index in [1.807, 2.05) is 0 Å². The molecule has 0 fully saturated rings. The van der Waals surface area contributed by atoms with Gasteiger partial charge in [0.05, 0.1) is 5.69 Å². The molecular weight excluding hydrogens is 254 g/mol. The van der Waals surface area contributed by atoms with Crippen molar-refractivity contribution < 1.29 is 0 Å². The normalized spacial score (nSPS) is 20.3. The Morgan fingerprint density at radius 3 is 3.13 bits per heavy atom. The third-order valence-corrected chi connectivity index (χ3v) is 3.93. The van der Waals surface area contributed by atoms with Crippen LogP contribution in [0.1, 0.15) is 31.3 Å². The Kier molecular flexibility index (Phi) is 3.46. The van der Waals surface area contributed by atoms with E-state index in [1.54, 1.807) is 0 Å². The van der Waals surface area contributed by atoms with Gasteiger partial charge in [0.1, 0.15) is 10.4 Å². The molecule has 0 aliphatic carbocycles. The Balaban J connectivity index is 2.20. The molecule has 1 aromatic rings. The molecule has 1 aromatic heterocycles. The van der Waals surface area contributed by atoms with Crippen LogP contribution in [-0.4, -0.2) is 16.1 Å². The van der Waals surface area contributed by atoms with Crippen molar-refractivity contribution in [3.63, 3.8) is 0 Å². The molecule has 1 unspecified atom stereocenters. The summed E-state index contributed by atoms with van der Waals surface area (Å²) in [4.78, 5) is 4.70. The Hall–Kier alpha value is -0.350. The number of nitrogens with zero attached hydrogens (tertiary/aromatic N) is 2. The SMILES string of the molecule is CC1CCn2c(nc(CCCN)c2Br)C1. The molecule has 0 radical (unpaired) electrons. The van der Waals surface area contributed by atoms with Crippen molar-refractivity contribution in [3.8, 4) is 0 Å². The highest BCUT2D eigenvalue weighted by atomic mass is 79.9. The maximum absolute atomic E-state index is 5.52. The average molecular weight is 272 g/mol. The van der Waals surface area contributed by atoms with E-state index < -0.39 is 0 Å². The predicted octanol–water partition coefficient (Wildman–Crippen LogP) is 2.12. The van der Waals surface area contributed by atoms with E-state index in [4.69, 9.17) is 10.7 Å². The summed E-state index contributed by atoms with van der Waals surface area (Å²) in [5, 5.41) is 0. The van der Waals surface area contributed by atoms with Gasteiger partial charge >= 0.3 is 0 Å². The first kappa shape index (κ1) is 11.1. The molecule has 2 N–H and O–H groups in total. The topological polar surface area (TPSA) is 43.8 Å². The van der Waals surface area contributed by atoms with Gasteiger partial charge in [0, 0.05) is 13.0 Å². The summed E-state index contributed by atoms with van der Waals surface area (Å²) in [6, 6.07) is 0. The Morgan fingerprint density at radius 1 is 1.60 bits per heavy atom. The molecule has 0 aromatic carbocycles. The summed E-state index contributed by atoms with van der Waals surface area (Å²) in [5.41, 5.74) is 6.71. The molecule has 4 heteroatoms. The second-order valence-corrected chi connectivity index (χ2v) is 5.16. The quantitative estimate of drug-likeness (QED) is 0.916. The fourth-order valence-electron chi connectivity index (χ4n) is 2.11. The van der Waals surface area contributed by atoms with Gasteiger partial charge in [-0.1, -0.05) is 6.92 Å². The second kappa shape index (κ2) is 4.66. The van der Waals surface area contributed by atoms with Crippen LogP contribution < -0.4 is 5.73 Å². The molecule has 1 atom stereocenters. The third kappa shape index (κ3) is 2.26.